The predicted octanol–water partition coefficient (Wildman–Crippen LogP) is 5.64. The number of carbonyl (C=O) groups is 1. The molecule has 0 aliphatic carbocycles. The van der Waals surface area contributed by atoms with Crippen molar-refractivity contribution in [3.8, 4) is 11.3 Å². The highest BCUT2D eigenvalue weighted by molar-refractivity contribution is 9.10. The van der Waals surface area contributed by atoms with Gasteiger partial charge in [0.15, 0.2) is 5.16 Å². The molecule has 1 aliphatic heterocycles. The van der Waals surface area contributed by atoms with E-state index < -0.39 is 0 Å². The maximum Gasteiger partial charge on any atom is 0.237 e. The summed E-state index contributed by atoms with van der Waals surface area (Å²) in [5, 5.41) is 0.801. The minimum Gasteiger partial charge on any atom is -0.467 e. The standard InChI is InChI=1S/C24H20BrN3O2S/c25-19-9-7-18(8-10-19)22-14-26-24(28(22)15-20-5-3-13-30-20)31-16-23(29)27-12-11-17-4-1-2-6-21(17)27/h1-10,13-14H,11-12,15-16H2. The van der Waals surface area contributed by atoms with Gasteiger partial charge in [-0.05, 0) is 47.9 Å². The first-order chi connectivity index (χ1) is 15.2. The molecule has 0 bridgehead atoms. The van der Waals surface area contributed by atoms with Crippen molar-refractivity contribution in [2.24, 2.45) is 0 Å². The quantitative estimate of drug-likeness (QED) is 0.326. The van der Waals surface area contributed by atoms with Gasteiger partial charge in [0, 0.05) is 16.7 Å². The fourth-order valence-corrected chi connectivity index (χ4v) is 4.96. The summed E-state index contributed by atoms with van der Waals surface area (Å²) < 4.78 is 8.71. The van der Waals surface area contributed by atoms with Crippen molar-refractivity contribution in [1.82, 2.24) is 9.55 Å². The first-order valence-corrected chi connectivity index (χ1v) is 11.8. The van der Waals surface area contributed by atoms with Gasteiger partial charge in [-0.2, -0.15) is 0 Å². The molecule has 0 atom stereocenters. The Morgan fingerprint density at radius 3 is 2.74 bits per heavy atom. The van der Waals surface area contributed by atoms with Gasteiger partial charge < -0.3 is 13.9 Å². The number of thioether (sulfide) groups is 1. The molecule has 0 unspecified atom stereocenters. The number of nitrogens with zero attached hydrogens (tertiary/aromatic N) is 3. The van der Waals surface area contributed by atoms with Crippen molar-refractivity contribution in [2.45, 2.75) is 18.1 Å². The van der Waals surface area contributed by atoms with Crippen LogP contribution in [0.5, 0.6) is 0 Å². The first kappa shape index (κ1) is 20.2. The Bertz CT molecular complexity index is 1200. The summed E-state index contributed by atoms with van der Waals surface area (Å²) in [4.78, 5) is 19.5. The summed E-state index contributed by atoms with van der Waals surface area (Å²) in [6, 6.07) is 20.1. The number of anilines is 1. The van der Waals surface area contributed by atoms with Crippen LogP contribution < -0.4 is 4.90 Å². The van der Waals surface area contributed by atoms with Crippen LogP contribution in [0, 0.1) is 0 Å². The molecule has 0 spiro atoms. The summed E-state index contributed by atoms with van der Waals surface area (Å²) >= 11 is 4.96. The van der Waals surface area contributed by atoms with Crippen LogP contribution >= 0.6 is 27.7 Å². The average Bonchev–Trinajstić information content (AvgIpc) is 3.53. The van der Waals surface area contributed by atoms with E-state index in [4.69, 9.17) is 4.42 Å². The zero-order chi connectivity index (χ0) is 21.2. The van der Waals surface area contributed by atoms with E-state index in [0.717, 1.165) is 45.3 Å². The van der Waals surface area contributed by atoms with Gasteiger partial charge in [0.2, 0.25) is 5.91 Å². The van der Waals surface area contributed by atoms with E-state index in [0.29, 0.717) is 12.3 Å². The van der Waals surface area contributed by atoms with E-state index in [1.807, 2.05) is 53.6 Å². The van der Waals surface area contributed by atoms with Gasteiger partial charge in [0.25, 0.3) is 0 Å². The summed E-state index contributed by atoms with van der Waals surface area (Å²) in [6.45, 7) is 1.30. The lowest BCUT2D eigenvalue weighted by Crippen LogP contribution is -2.30. The molecule has 5 nitrogen and oxygen atoms in total. The van der Waals surface area contributed by atoms with E-state index >= 15 is 0 Å². The second-order valence-corrected chi connectivity index (χ2v) is 9.17. The summed E-state index contributed by atoms with van der Waals surface area (Å²) in [5.74, 6) is 1.29. The number of carbonyl (C=O) groups excluding carboxylic acids is 1. The van der Waals surface area contributed by atoms with Crippen LogP contribution in [0.15, 0.2) is 87.2 Å². The Labute approximate surface area is 193 Å². The minimum absolute atomic E-state index is 0.104. The number of furan rings is 1. The third-order valence-electron chi connectivity index (χ3n) is 5.37. The van der Waals surface area contributed by atoms with Crippen molar-refractivity contribution < 1.29 is 9.21 Å². The lowest BCUT2D eigenvalue weighted by atomic mass is 10.2. The van der Waals surface area contributed by atoms with Crippen molar-refractivity contribution in [2.75, 3.05) is 17.2 Å². The van der Waals surface area contributed by atoms with Crippen LogP contribution in [-0.4, -0.2) is 27.8 Å². The maximum atomic E-state index is 13.0. The zero-order valence-electron chi connectivity index (χ0n) is 16.7. The van der Waals surface area contributed by atoms with Gasteiger partial charge in [0.05, 0.1) is 30.5 Å². The lowest BCUT2D eigenvalue weighted by Gasteiger charge is -2.17. The molecule has 4 aromatic rings. The zero-order valence-corrected chi connectivity index (χ0v) is 19.1. The number of hydrogen-bond acceptors (Lipinski definition) is 4. The molecule has 31 heavy (non-hydrogen) atoms. The Morgan fingerprint density at radius 1 is 1.10 bits per heavy atom. The Morgan fingerprint density at radius 2 is 1.94 bits per heavy atom. The number of rotatable bonds is 6. The van der Waals surface area contributed by atoms with E-state index in [-0.39, 0.29) is 5.91 Å². The Balaban J connectivity index is 1.38. The molecule has 156 valence electrons. The Hall–Kier alpha value is -2.77. The van der Waals surface area contributed by atoms with Crippen LogP contribution in [-0.2, 0) is 17.8 Å². The van der Waals surface area contributed by atoms with Gasteiger partial charge >= 0.3 is 0 Å². The Kier molecular flexibility index (Phi) is 5.70. The number of fused-ring (bicyclic) bond motifs is 1. The lowest BCUT2D eigenvalue weighted by molar-refractivity contribution is -0.116. The molecule has 5 rings (SSSR count). The molecule has 0 N–H and O–H groups in total. The monoisotopic (exact) mass is 493 g/mol. The van der Waals surface area contributed by atoms with Crippen LogP contribution in [0.1, 0.15) is 11.3 Å². The predicted molar refractivity (Wildman–Crippen MR) is 126 cm³/mol. The van der Waals surface area contributed by atoms with Crippen molar-refractivity contribution in [3.63, 3.8) is 0 Å². The highest BCUT2D eigenvalue weighted by Crippen LogP contribution is 2.31. The highest BCUT2D eigenvalue weighted by atomic mass is 79.9. The van der Waals surface area contributed by atoms with E-state index in [2.05, 4.69) is 43.7 Å². The van der Waals surface area contributed by atoms with Gasteiger partial charge in [0.1, 0.15) is 5.76 Å². The molecule has 2 aromatic carbocycles. The number of aromatic nitrogens is 2. The second kappa shape index (κ2) is 8.77. The number of halogens is 1. The summed E-state index contributed by atoms with van der Waals surface area (Å²) in [7, 11) is 0. The van der Waals surface area contributed by atoms with E-state index in [9.17, 15) is 4.79 Å². The van der Waals surface area contributed by atoms with Crippen LogP contribution in [0.3, 0.4) is 0 Å². The van der Waals surface area contributed by atoms with Crippen LogP contribution in [0.25, 0.3) is 11.3 Å². The minimum atomic E-state index is 0.104. The van der Waals surface area contributed by atoms with Gasteiger partial charge in [-0.3, -0.25) is 4.79 Å². The van der Waals surface area contributed by atoms with Gasteiger partial charge in [-0.25, -0.2) is 4.98 Å². The number of para-hydroxylation sites is 1. The van der Waals surface area contributed by atoms with E-state index in [1.54, 1.807) is 6.26 Å². The first-order valence-electron chi connectivity index (χ1n) is 10.0. The van der Waals surface area contributed by atoms with Crippen molar-refractivity contribution >= 4 is 39.3 Å². The molecule has 0 saturated heterocycles. The average molecular weight is 494 g/mol. The molecular weight excluding hydrogens is 474 g/mol. The number of imidazole rings is 1. The molecule has 2 aromatic heterocycles. The van der Waals surface area contributed by atoms with Gasteiger partial charge in [-0.15, -0.1) is 0 Å². The summed E-state index contributed by atoms with van der Waals surface area (Å²) in [5.41, 5.74) is 4.32. The van der Waals surface area contributed by atoms with E-state index in [1.165, 1.54) is 17.3 Å². The molecule has 0 fully saturated rings. The number of amides is 1. The second-order valence-electron chi connectivity index (χ2n) is 7.31. The van der Waals surface area contributed by atoms with Crippen LogP contribution in [0.2, 0.25) is 0 Å². The summed E-state index contributed by atoms with van der Waals surface area (Å²) in [6.07, 6.45) is 4.45. The molecule has 1 aliphatic rings. The van der Waals surface area contributed by atoms with Gasteiger partial charge in [-0.1, -0.05) is 58.0 Å². The number of benzene rings is 2. The fraction of sp³-hybridized carbons (Fsp3) is 0.167. The molecule has 3 heterocycles. The molecule has 1 amide bonds. The SMILES string of the molecule is O=C(CSc1ncc(-c2ccc(Br)cc2)n1Cc1ccco1)N1CCc2ccccc21. The molecule has 7 heteroatoms. The molecule has 0 saturated carbocycles. The number of hydrogen-bond donors (Lipinski definition) is 0. The normalized spacial score (nSPS) is 12.9. The fourth-order valence-electron chi connectivity index (χ4n) is 3.84. The third-order valence-corrected chi connectivity index (χ3v) is 6.87. The molecular formula is C24H20BrN3O2S. The topological polar surface area (TPSA) is 51.3 Å². The maximum absolute atomic E-state index is 13.0. The largest absolute Gasteiger partial charge is 0.467 e. The van der Waals surface area contributed by atoms with Crippen molar-refractivity contribution in [3.05, 3.63) is 88.9 Å². The van der Waals surface area contributed by atoms with Crippen LogP contribution in [0.4, 0.5) is 5.69 Å². The highest BCUT2D eigenvalue weighted by Gasteiger charge is 2.25. The third kappa shape index (κ3) is 4.20. The van der Waals surface area contributed by atoms with Crippen molar-refractivity contribution in [1.29, 1.82) is 0 Å². The smallest absolute Gasteiger partial charge is 0.237 e. The molecule has 0 radical (unpaired) electrons.